The normalized spacial score (nSPS) is 20.4. The van der Waals surface area contributed by atoms with E-state index < -0.39 is 16.1 Å². The summed E-state index contributed by atoms with van der Waals surface area (Å²) in [6, 6.07) is 7.07. The van der Waals surface area contributed by atoms with Gasteiger partial charge in [-0.25, -0.2) is 13.4 Å². The molecule has 10 heteroatoms. The summed E-state index contributed by atoms with van der Waals surface area (Å²) in [7, 11) is -3.62. The van der Waals surface area contributed by atoms with Crippen molar-refractivity contribution in [3.8, 4) is 0 Å². The average Bonchev–Trinajstić information content (AvgIpc) is 3.54. The number of benzene rings is 1. The average molecular weight is 491 g/mol. The van der Waals surface area contributed by atoms with Crippen LogP contribution in [0.4, 0.5) is 5.13 Å². The van der Waals surface area contributed by atoms with Crippen LogP contribution < -0.4 is 4.90 Å². The first-order valence-electron chi connectivity index (χ1n) is 10.8. The first-order chi connectivity index (χ1) is 15.3. The zero-order valence-electron chi connectivity index (χ0n) is 18.2. The van der Waals surface area contributed by atoms with Crippen LogP contribution in [0.1, 0.15) is 24.0 Å². The summed E-state index contributed by atoms with van der Waals surface area (Å²) in [5, 5.41) is 2.74. The molecule has 0 aliphatic carbocycles. The lowest BCUT2D eigenvalue weighted by atomic mass is 10.1. The molecule has 32 heavy (non-hydrogen) atoms. The van der Waals surface area contributed by atoms with Crippen molar-refractivity contribution in [1.82, 2.24) is 14.2 Å². The number of carbonyl (C=O) groups is 1. The summed E-state index contributed by atoms with van der Waals surface area (Å²) in [4.78, 5) is 22.1. The molecule has 5 rings (SSSR count). The van der Waals surface area contributed by atoms with Crippen molar-refractivity contribution in [2.75, 3.05) is 37.6 Å². The van der Waals surface area contributed by atoms with Gasteiger partial charge in [0.15, 0.2) is 5.13 Å². The van der Waals surface area contributed by atoms with Gasteiger partial charge < -0.3 is 9.80 Å². The van der Waals surface area contributed by atoms with Crippen molar-refractivity contribution in [1.29, 1.82) is 0 Å². The SMILES string of the molecule is Cc1cc2nc(N3CCN(C(=O)C4CCCN4S(=O)(=O)c4cccs4)CC3)sc2cc1C. The molecule has 0 radical (unpaired) electrons. The molecule has 7 nitrogen and oxygen atoms in total. The monoisotopic (exact) mass is 490 g/mol. The minimum atomic E-state index is -3.62. The second-order valence-electron chi connectivity index (χ2n) is 8.42. The molecule has 4 heterocycles. The predicted molar refractivity (Wildman–Crippen MR) is 129 cm³/mol. The highest BCUT2D eigenvalue weighted by Crippen LogP contribution is 2.32. The minimum Gasteiger partial charge on any atom is -0.345 e. The smallest absolute Gasteiger partial charge is 0.253 e. The number of carbonyl (C=O) groups excluding carboxylic acids is 1. The fourth-order valence-electron chi connectivity index (χ4n) is 4.43. The Labute approximate surface area is 196 Å². The largest absolute Gasteiger partial charge is 0.345 e. The number of thiophene rings is 1. The van der Waals surface area contributed by atoms with Crippen molar-refractivity contribution >= 4 is 54.0 Å². The molecule has 0 N–H and O–H groups in total. The standard InChI is InChI=1S/C22H26N4O3S3/c1-15-13-17-19(14-16(15)2)31-22(23-17)25-10-8-24(9-11-25)21(27)18-5-3-7-26(18)32(28,29)20-6-4-12-30-20/h4,6,12-14,18H,3,5,7-11H2,1-2H3. The molecule has 1 unspecified atom stereocenters. The summed E-state index contributed by atoms with van der Waals surface area (Å²) >= 11 is 2.89. The molecule has 1 aromatic carbocycles. The first-order valence-corrected chi connectivity index (χ1v) is 13.9. The van der Waals surface area contributed by atoms with Gasteiger partial charge in [-0.05, 0) is 61.4 Å². The summed E-state index contributed by atoms with van der Waals surface area (Å²) < 4.78 is 28.9. The van der Waals surface area contributed by atoms with E-state index in [0.717, 1.165) is 10.6 Å². The predicted octanol–water partition coefficient (Wildman–Crippen LogP) is 3.48. The van der Waals surface area contributed by atoms with Crippen molar-refractivity contribution in [2.45, 2.75) is 36.9 Å². The second-order valence-corrected chi connectivity index (χ2v) is 12.5. The number of nitrogens with zero attached hydrogens (tertiary/aromatic N) is 4. The molecule has 170 valence electrons. The molecule has 2 fully saturated rings. The van der Waals surface area contributed by atoms with Gasteiger partial charge in [-0.3, -0.25) is 4.79 Å². The lowest BCUT2D eigenvalue weighted by Gasteiger charge is -2.37. The van der Waals surface area contributed by atoms with Gasteiger partial charge in [-0.15, -0.1) is 11.3 Å². The number of amides is 1. The molecule has 2 saturated heterocycles. The molecule has 2 aliphatic heterocycles. The maximum atomic E-state index is 13.3. The maximum absolute atomic E-state index is 13.3. The number of fused-ring (bicyclic) bond motifs is 1. The number of rotatable bonds is 4. The fraction of sp³-hybridized carbons (Fsp3) is 0.455. The lowest BCUT2D eigenvalue weighted by Crippen LogP contribution is -2.54. The third-order valence-electron chi connectivity index (χ3n) is 6.40. The molecule has 1 atom stereocenters. The van der Waals surface area contributed by atoms with Crippen LogP contribution in [0.25, 0.3) is 10.2 Å². The van der Waals surface area contributed by atoms with Gasteiger partial charge in [0.1, 0.15) is 10.3 Å². The summed E-state index contributed by atoms with van der Waals surface area (Å²) in [6.07, 6.45) is 1.30. The van der Waals surface area contributed by atoms with Crippen LogP contribution in [0.15, 0.2) is 33.9 Å². The third kappa shape index (κ3) is 3.83. The van der Waals surface area contributed by atoms with Gasteiger partial charge in [0.05, 0.1) is 10.2 Å². The molecule has 2 aromatic heterocycles. The van der Waals surface area contributed by atoms with Crippen LogP contribution in [0.3, 0.4) is 0 Å². The number of aromatic nitrogens is 1. The Hall–Kier alpha value is -2.01. The summed E-state index contributed by atoms with van der Waals surface area (Å²) in [5.74, 6) is -0.0715. The van der Waals surface area contributed by atoms with Crippen molar-refractivity contribution in [2.24, 2.45) is 0 Å². The van der Waals surface area contributed by atoms with Crippen molar-refractivity contribution in [3.05, 3.63) is 40.8 Å². The van der Waals surface area contributed by atoms with Crippen LogP contribution >= 0.6 is 22.7 Å². The van der Waals surface area contributed by atoms with Gasteiger partial charge in [0.25, 0.3) is 10.0 Å². The van der Waals surface area contributed by atoms with Crippen molar-refractivity contribution in [3.63, 3.8) is 0 Å². The molecule has 0 saturated carbocycles. The Kier molecular flexibility index (Phi) is 5.73. The second kappa shape index (κ2) is 8.40. The fourth-order valence-corrected chi connectivity index (χ4v) is 8.30. The Bertz CT molecular complexity index is 1210. The van der Waals surface area contributed by atoms with Crippen LogP contribution in [-0.2, 0) is 14.8 Å². The number of sulfonamides is 1. The Balaban J connectivity index is 1.27. The molecular formula is C22H26N4O3S3. The maximum Gasteiger partial charge on any atom is 0.253 e. The molecule has 0 bridgehead atoms. The molecular weight excluding hydrogens is 464 g/mol. The van der Waals surface area contributed by atoms with E-state index in [4.69, 9.17) is 4.98 Å². The number of hydrogen-bond donors (Lipinski definition) is 0. The molecule has 1 amide bonds. The highest BCUT2D eigenvalue weighted by molar-refractivity contribution is 7.91. The van der Waals surface area contributed by atoms with E-state index in [0.29, 0.717) is 49.8 Å². The third-order valence-corrected chi connectivity index (χ3v) is 10.8. The van der Waals surface area contributed by atoms with Crippen LogP contribution in [0.5, 0.6) is 0 Å². The zero-order chi connectivity index (χ0) is 22.5. The van der Waals surface area contributed by atoms with E-state index in [1.54, 1.807) is 28.8 Å². The highest BCUT2D eigenvalue weighted by Gasteiger charge is 2.42. The van der Waals surface area contributed by atoms with Crippen LogP contribution in [-0.4, -0.2) is 67.3 Å². The van der Waals surface area contributed by atoms with Gasteiger partial charge in [0.2, 0.25) is 5.91 Å². The number of piperazine rings is 1. The summed E-state index contributed by atoms with van der Waals surface area (Å²) in [6.45, 7) is 7.18. The Morgan fingerprint density at radius 3 is 2.56 bits per heavy atom. The van der Waals surface area contributed by atoms with Gasteiger partial charge in [0, 0.05) is 32.7 Å². The zero-order valence-corrected chi connectivity index (χ0v) is 20.6. The van der Waals surface area contributed by atoms with Gasteiger partial charge in [-0.2, -0.15) is 4.31 Å². The number of aryl methyl sites for hydroxylation is 2. The van der Waals surface area contributed by atoms with E-state index in [-0.39, 0.29) is 5.91 Å². The van der Waals surface area contributed by atoms with Crippen molar-refractivity contribution < 1.29 is 13.2 Å². The Morgan fingerprint density at radius 2 is 1.84 bits per heavy atom. The number of hydrogen-bond acceptors (Lipinski definition) is 7. The van der Waals surface area contributed by atoms with E-state index in [9.17, 15) is 13.2 Å². The molecule has 0 spiro atoms. The van der Waals surface area contributed by atoms with E-state index >= 15 is 0 Å². The highest BCUT2D eigenvalue weighted by atomic mass is 32.2. The van der Waals surface area contributed by atoms with E-state index in [1.807, 2.05) is 4.90 Å². The lowest BCUT2D eigenvalue weighted by molar-refractivity contribution is -0.134. The van der Waals surface area contributed by atoms with Crippen LogP contribution in [0, 0.1) is 13.8 Å². The van der Waals surface area contributed by atoms with Crippen LogP contribution in [0.2, 0.25) is 0 Å². The molecule has 3 aromatic rings. The Morgan fingerprint density at radius 1 is 1.09 bits per heavy atom. The van der Waals surface area contributed by atoms with Gasteiger partial charge >= 0.3 is 0 Å². The van der Waals surface area contributed by atoms with E-state index in [2.05, 4.69) is 30.9 Å². The minimum absolute atomic E-state index is 0.0715. The van der Waals surface area contributed by atoms with E-state index in [1.165, 1.54) is 31.5 Å². The molecule has 2 aliphatic rings. The summed E-state index contributed by atoms with van der Waals surface area (Å²) in [5.41, 5.74) is 3.53. The number of anilines is 1. The number of thiazole rings is 1. The quantitative estimate of drug-likeness (QED) is 0.560. The van der Waals surface area contributed by atoms with Gasteiger partial charge in [-0.1, -0.05) is 17.4 Å². The first kappa shape index (κ1) is 21.8. The topological polar surface area (TPSA) is 73.8 Å².